The van der Waals surface area contributed by atoms with Gasteiger partial charge in [-0.05, 0) is 47.2 Å². The van der Waals surface area contributed by atoms with Crippen molar-refractivity contribution in [1.82, 2.24) is 0 Å². The zero-order valence-corrected chi connectivity index (χ0v) is 17.9. The fourth-order valence-electron chi connectivity index (χ4n) is 1.77. The van der Waals surface area contributed by atoms with E-state index in [1.165, 1.54) is 11.1 Å². The Morgan fingerprint density at radius 1 is 0.652 bits per heavy atom. The summed E-state index contributed by atoms with van der Waals surface area (Å²) in [5.41, 5.74) is 2.36. The van der Waals surface area contributed by atoms with Gasteiger partial charge in [0.15, 0.2) is 0 Å². The van der Waals surface area contributed by atoms with Crippen LogP contribution in [0.2, 0.25) is 0 Å². The van der Waals surface area contributed by atoms with Gasteiger partial charge in [0.05, 0.1) is 0 Å². The van der Waals surface area contributed by atoms with Crippen molar-refractivity contribution in [3.63, 3.8) is 0 Å². The molecule has 0 radical (unpaired) electrons. The van der Waals surface area contributed by atoms with Gasteiger partial charge in [-0.2, -0.15) is 0 Å². The summed E-state index contributed by atoms with van der Waals surface area (Å²) in [6.07, 6.45) is 0. The Kier molecular flexibility index (Phi) is 16.5. The Morgan fingerprint density at radius 3 is 1.13 bits per heavy atom. The van der Waals surface area contributed by atoms with Crippen LogP contribution in [0.5, 0.6) is 11.5 Å². The monoisotopic (exact) mass is 432 g/mol. The number of benzene rings is 2. The van der Waals surface area contributed by atoms with E-state index in [1.54, 1.807) is 24.3 Å². The van der Waals surface area contributed by atoms with E-state index < -0.39 is 0 Å². The van der Waals surface area contributed by atoms with Gasteiger partial charge in [0, 0.05) is 0 Å². The Hall–Kier alpha value is -0.497. The Labute approximate surface area is 171 Å². The molecule has 126 valence electrons. The van der Waals surface area contributed by atoms with Crippen molar-refractivity contribution in [3.8, 4) is 11.5 Å². The molecule has 0 aliphatic rings. The number of hydrogen-bond acceptors (Lipinski definition) is 2. The van der Waals surface area contributed by atoms with E-state index >= 15 is 0 Å². The van der Waals surface area contributed by atoms with Gasteiger partial charge in [-0.3, -0.25) is 0 Å². The first-order chi connectivity index (χ1) is 9.40. The van der Waals surface area contributed by atoms with Crippen molar-refractivity contribution in [2.75, 3.05) is 0 Å². The summed E-state index contributed by atoms with van der Waals surface area (Å²) in [6, 6.07) is 14.7. The molecule has 0 amide bonds. The summed E-state index contributed by atoms with van der Waals surface area (Å²) < 4.78 is 0. The minimum Gasteiger partial charge on any atom is -1.00 e. The standard InChI is InChI=1S/2C9H12O.2ClH.Zr/c2*1-7(2)8-4-3-5-9(10)6-8;;;/h2*3-7,10H,1-2H3;2*1H;/q;;;;+2/p-2. The molecule has 2 nitrogen and oxygen atoms in total. The van der Waals surface area contributed by atoms with Crippen LogP contribution in [0, 0.1) is 0 Å². The average molecular weight is 435 g/mol. The van der Waals surface area contributed by atoms with Crippen molar-refractivity contribution in [1.29, 1.82) is 0 Å². The second-order valence-corrected chi connectivity index (χ2v) is 5.50. The minimum atomic E-state index is 0. The van der Waals surface area contributed by atoms with E-state index in [2.05, 4.69) is 27.7 Å². The summed E-state index contributed by atoms with van der Waals surface area (Å²) in [4.78, 5) is 0. The smallest absolute Gasteiger partial charge is 1.00 e. The van der Waals surface area contributed by atoms with Crippen LogP contribution in [0.3, 0.4) is 0 Å². The number of halogens is 2. The van der Waals surface area contributed by atoms with Crippen LogP contribution in [-0.2, 0) is 26.2 Å². The van der Waals surface area contributed by atoms with Crippen LogP contribution in [0.25, 0.3) is 0 Å². The fourth-order valence-corrected chi connectivity index (χ4v) is 1.77. The van der Waals surface area contributed by atoms with Gasteiger partial charge in [-0.1, -0.05) is 52.0 Å². The molecule has 2 N–H and O–H groups in total. The van der Waals surface area contributed by atoms with Crippen LogP contribution >= 0.6 is 0 Å². The molecule has 0 bridgehead atoms. The Morgan fingerprint density at radius 2 is 0.957 bits per heavy atom. The number of hydrogen-bond donors (Lipinski definition) is 2. The van der Waals surface area contributed by atoms with E-state index in [1.807, 2.05) is 24.3 Å². The van der Waals surface area contributed by atoms with Crippen molar-refractivity contribution in [2.24, 2.45) is 0 Å². The molecule has 0 aliphatic heterocycles. The SMILES string of the molecule is CC(C)c1cccc(O)c1.CC(C)c1cccc(O)c1.[Cl-].[Cl-].[Zr+2]. The molecule has 0 heterocycles. The maximum Gasteiger partial charge on any atom is 2.00 e. The Balaban J connectivity index is -0.000000308. The number of phenols is 2. The van der Waals surface area contributed by atoms with E-state index in [9.17, 15) is 0 Å². The second kappa shape index (κ2) is 13.9. The average Bonchev–Trinajstić information content (AvgIpc) is 2.39. The molecule has 23 heavy (non-hydrogen) atoms. The van der Waals surface area contributed by atoms with Crippen LogP contribution in [0.4, 0.5) is 0 Å². The first kappa shape index (κ1) is 27.4. The van der Waals surface area contributed by atoms with Gasteiger partial charge >= 0.3 is 26.2 Å². The normalized spacial score (nSPS) is 8.96. The van der Waals surface area contributed by atoms with Crippen molar-refractivity contribution >= 4 is 0 Å². The van der Waals surface area contributed by atoms with Crippen molar-refractivity contribution in [3.05, 3.63) is 59.7 Å². The van der Waals surface area contributed by atoms with E-state index in [4.69, 9.17) is 10.2 Å². The number of rotatable bonds is 2. The van der Waals surface area contributed by atoms with Crippen molar-refractivity contribution in [2.45, 2.75) is 39.5 Å². The number of phenolic OH excluding ortho intramolecular Hbond substituents is 2. The van der Waals surface area contributed by atoms with Gasteiger partial charge in [0.2, 0.25) is 0 Å². The van der Waals surface area contributed by atoms with E-state index in [-0.39, 0.29) is 51.0 Å². The molecular weight excluding hydrogens is 410 g/mol. The van der Waals surface area contributed by atoms with Gasteiger partial charge < -0.3 is 35.0 Å². The summed E-state index contributed by atoms with van der Waals surface area (Å²) in [7, 11) is 0. The molecule has 0 aromatic heterocycles. The fraction of sp³-hybridized carbons (Fsp3) is 0.333. The predicted octanol–water partition coefficient (Wildman–Crippen LogP) is -0.963. The van der Waals surface area contributed by atoms with Gasteiger partial charge in [-0.25, -0.2) is 0 Å². The third-order valence-corrected chi connectivity index (χ3v) is 3.07. The van der Waals surface area contributed by atoms with Crippen molar-refractivity contribution < 1.29 is 61.2 Å². The minimum absolute atomic E-state index is 0. The molecule has 2 aromatic carbocycles. The maximum atomic E-state index is 9.06. The first-order valence-corrected chi connectivity index (χ1v) is 6.98. The molecule has 0 unspecified atom stereocenters. The zero-order valence-electron chi connectivity index (χ0n) is 13.9. The molecule has 0 atom stereocenters. The van der Waals surface area contributed by atoms with Gasteiger partial charge in [-0.15, -0.1) is 0 Å². The quantitative estimate of drug-likeness (QED) is 0.639. The van der Waals surface area contributed by atoms with Crippen LogP contribution in [0.15, 0.2) is 48.5 Å². The topological polar surface area (TPSA) is 40.5 Å². The summed E-state index contributed by atoms with van der Waals surface area (Å²) in [5, 5.41) is 18.1. The molecular formula is C18H24Cl2O2Zr. The van der Waals surface area contributed by atoms with Gasteiger partial charge in [0.25, 0.3) is 0 Å². The predicted molar refractivity (Wildman–Crippen MR) is 84.4 cm³/mol. The van der Waals surface area contributed by atoms with E-state index in [0.29, 0.717) is 23.3 Å². The van der Waals surface area contributed by atoms with Crippen LogP contribution < -0.4 is 24.8 Å². The first-order valence-electron chi connectivity index (χ1n) is 6.98. The molecule has 0 saturated carbocycles. The van der Waals surface area contributed by atoms with Crippen LogP contribution in [0.1, 0.15) is 50.7 Å². The molecule has 2 aromatic rings. The maximum absolute atomic E-state index is 9.06. The summed E-state index contributed by atoms with van der Waals surface area (Å²) >= 11 is 0. The van der Waals surface area contributed by atoms with E-state index in [0.717, 1.165) is 0 Å². The number of aromatic hydroxyl groups is 2. The molecule has 0 fully saturated rings. The Bertz CT molecular complexity index is 497. The zero-order chi connectivity index (χ0) is 15.1. The van der Waals surface area contributed by atoms with Crippen LogP contribution in [-0.4, -0.2) is 10.2 Å². The largest absolute Gasteiger partial charge is 2.00 e. The molecule has 5 heteroatoms. The molecule has 0 saturated heterocycles. The third-order valence-electron chi connectivity index (χ3n) is 3.07. The third kappa shape index (κ3) is 10.8. The second-order valence-electron chi connectivity index (χ2n) is 5.50. The molecule has 2 rings (SSSR count). The summed E-state index contributed by atoms with van der Waals surface area (Å²) in [6.45, 7) is 8.42. The molecule has 0 aliphatic carbocycles. The summed E-state index contributed by atoms with van der Waals surface area (Å²) in [5.74, 6) is 1.69. The molecule has 0 spiro atoms. The van der Waals surface area contributed by atoms with Gasteiger partial charge in [0.1, 0.15) is 11.5 Å².